The first-order valence-corrected chi connectivity index (χ1v) is 10.6. The summed E-state index contributed by atoms with van der Waals surface area (Å²) in [7, 11) is 1.52. The van der Waals surface area contributed by atoms with Crippen molar-refractivity contribution in [1.29, 1.82) is 0 Å². The Kier molecular flexibility index (Phi) is 7.25. The van der Waals surface area contributed by atoms with E-state index in [1.165, 1.54) is 7.11 Å². The highest BCUT2D eigenvalue weighted by Gasteiger charge is 2.13. The van der Waals surface area contributed by atoms with Gasteiger partial charge in [0.1, 0.15) is 6.61 Å². The Morgan fingerprint density at radius 1 is 1.06 bits per heavy atom. The normalized spacial score (nSPS) is 10.6. The number of anilines is 1. The molecule has 0 aliphatic heterocycles. The number of amides is 1. The minimum atomic E-state index is -0.402. The summed E-state index contributed by atoms with van der Waals surface area (Å²) in [6, 6.07) is 11.5. The zero-order chi connectivity index (χ0) is 22.4. The molecule has 0 atom stereocenters. The number of rotatable bonds is 8. The van der Waals surface area contributed by atoms with Gasteiger partial charge < -0.3 is 19.5 Å². The molecule has 0 bridgehead atoms. The number of carbonyl (C=O) groups excluding carboxylic acids is 2. The lowest BCUT2D eigenvalue weighted by Crippen LogP contribution is -2.13. The highest BCUT2D eigenvalue weighted by Crippen LogP contribution is 2.29. The summed E-state index contributed by atoms with van der Waals surface area (Å²) < 4.78 is 16.3. The van der Waals surface area contributed by atoms with Crippen molar-refractivity contribution in [3.8, 4) is 11.5 Å². The second kappa shape index (κ2) is 10.1. The number of ether oxygens (including phenoxy) is 3. The fourth-order valence-corrected chi connectivity index (χ4v) is 3.33. The van der Waals surface area contributed by atoms with E-state index >= 15 is 0 Å². The molecule has 1 amide bonds. The maximum atomic E-state index is 12.6. The maximum Gasteiger partial charge on any atom is 0.338 e. The lowest BCUT2D eigenvalue weighted by Gasteiger charge is -2.12. The molecule has 0 saturated heterocycles. The third-order valence-electron chi connectivity index (χ3n) is 4.19. The first-order chi connectivity index (χ1) is 14.9. The number of aromatic nitrogens is 1. The van der Waals surface area contributed by atoms with Gasteiger partial charge in [0.15, 0.2) is 11.5 Å². The number of methoxy groups -OCH3 is 1. The van der Waals surface area contributed by atoms with Gasteiger partial charge in [0.25, 0.3) is 5.91 Å². The van der Waals surface area contributed by atoms with Crippen molar-refractivity contribution >= 4 is 28.9 Å². The molecule has 0 unspecified atom stereocenters. The molecule has 2 aromatic carbocycles. The average Bonchev–Trinajstić information content (AvgIpc) is 3.17. The fraction of sp³-hybridized carbons (Fsp3) is 0.261. The molecule has 0 fully saturated rings. The van der Waals surface area contributed by atoms with Gasteiger partial charge in [-0.05, 0) is 63.2 Å². The zero-order valence-electron chi connectivity index (χ0n) is 17.8. The first kappa shape index (κ1) is 22.3. The van der Waals surface area contributed by atoms with E-state index in [-0.39, 0.29) is 12.0 Å². The van der Waals surface area contributed by atoms with E-state index in [9.17, 15) is 9.59 Å². The van der Waals surface area contributed by atoms with Gasteiger partial charge in [0.2, 0.25) is 0 Å². The van der Waals surface area contributed by atoms with Crippen molar-refractivity contribution in [1.82, 2.24) is 4.98 Å². The summed E-state index contributed by atoms with van der Waals surface area (Å²) in [6.07, 6.45) is -0.195. The Labute approximate surface area is 185 Å². The molecule has 3 aromatic rings. The third-order valence-corrected chi connectivity index (χ3v) is 5.01. The fourth-order valence-electron chi connectivity index (χ4n) is 2.73. The number of hydrogen-bond acceptors (Lipinski definition) is 7. The van der Waals surface area contributed by atoms with Gasteiger partial charge in [0.05, 0.1) is 29.5 Å². The Bertz CT molecular complexity index is 1060. The van der Waals surface area contributed by atoms with Crippen LogP contribution in [-0.4, -0.2) is 30.1 Å². The van der Waals surface area contributed by atoms with Crippen LogP contribution >= 0.6 is 11.3 Å². The van der Waals surface area contributed by atoms with Gasteiger partial charge in [-0.1, -0.05) is 0 Å². The summed E-state index contributed by atoms with van der Waals surface area (Å²) in [5.41, 5.74) is 2.23. The first-order valence-electron chi connectivity index (χ1n) is 9.70. The van der Waals surface area contributed by atoms with Crippen molar-refractivity contribution in [2.24, 2.45) is 0 Å². The molecular formula is C23H24N2O5S. The van der Waals surface area contributed by atoms with Crippen molar-refractivity contribution in [3.05, 3.63) is 69.7 Å². The smallest absolute Gasteiger partial charge is 0.338 e. The molecule has 31 heavy (non-hydrogen) atoms. The lowest BCUT2D eigenvalue weighted by atomic mass is 10.1. The third kappa shape index (κ3) is 6.05. The molecule has 0 radical (unpaired) electrons. The Morgan fingerprint density at radius 3 is 2.39 bits per heavy atom. The highest BCUT2D eigenvalue weighted by molar-refractivity contribution is 7.09. The number of benzene rings is 2. The number of aryl methyl sites for hydroxylation is 1. The van der Waals surface area contributed by atoms with Crippen LogP contribution < -0.4 is 14.8 Å². The molecule has 0 spiro atoms. The minimum absolute atomic E-state index is 0.195. The molecule has 1 N–H and O–H groups in total. The Hall–Kier alpha value is -3.39. The molecule has 0 aliphatic rings. The van der Waals surface area contributed by atoms with Crippen molar-refractivity contribution < 1.29 is 23.8 Å². The highest BCUT2D eigenvalue weighted by atomic mass is 32.1. The van der Waals surface area contributed by atoms with Gasteiger partial charge >= 0.3 is 5.97 Å². The van der Waals surface area contributed by atoms with Gasteiger partial charge in [-0.15, -0.1) is 11.3 Å². The molecule has 8 heteroatoms. The number of nitrogens with zero attached hydrogens (tertiary/aromatic N) is 1. The van der Waals surface area contributed by atoms with E-state index in [2.05, 4.69) is 10.3 Å². The molecule has 3 rings (SSSR count). The summed E-state index contributed by atoms with van der Waals surface area (Å²) in [6.45, 7) is 5.83. The van der Waals surface area contributed by atoms with Gasteiger partial charge in [-0.25, -0.2) is 9.78 Å². The lowest BCUT2D eigenvalue weighted by molar-refractivity contribution is 0.0378. The number of carbonyl (C=O) groups is 2. The average molecular weight is 441 g/mol. The predicted molar refractivity (Wildman–Crippen MR) is 119 cm³/mol. The van der Waals surface area contributed by atoms with Gasteiger partial charge in [-0.3, -0.25) is 4.79 Å². The summed E-state index contributed by atoms with van der Waals surface area (Å²) in [5, 5.41) is 5.72. The van der Waals surface area contributed by atoms with Crippen LogP contribution in [0.3, 0.4) is 0 Å². The molecule has 0 saturated carbocycles. The predicted octanol–water partition coefficient (Wildman–Crippen LogP) is 4.86. The van der Waals surface area contributed by atoms with Crippen molar-refractivity contribution in [3.63, 3.8) is 0 Å². The van der Waals surface area contributed by atoms with Crippen LogP contribution in [0.25, 0.3) is 0 Å². The standard InChI is InChI=1S/C23H24N2O5S/c1-14(2)30-23(27)16-5-8-18(9-6-16)25-22(26)17-7-10-20(21(11-17)28-4)29-12-19-13-31-15(3)24-19/h5-11,13-14H,12H2,1-4H3,(H,25,26). The maximum absolute atomic E-state index is 12.6. The number of esters is 1. The summed E-state index contributed by atoms with van der Waals surface area (Å²) in [4.78, 5) is 28.9. The van der Waals surface area contributed by atoms with E-state index in [0.29, 0.717) is 34.9 Å². The second-order valence-electron chi connectivity index (χ2n) is 7.00. The van der Waals surface area contributed by atoms with Gasteiger partial charge in [0, 0.05) is 16.6 Å². The van der Waals surface area contributed by atoms with Crippen LogP contribution in [0, 0.1) is 6.92 Å². The van der Waals surface area contributed by atoms with E-state index < -0.39 is 5.97 Å². The number of thiazole rings is 1. The molecule has 162 valence electrons. The Balaban J connectivity index is 1.65. The van der Waals surface area contributed by atoms with Crippen LogP contribution in [0.2, 0.25) is 0 Å². The van der Waals surface area contributed by atoms with Crippen LogP contribution in [0.5, 0.6) is 11.5 Å². The molecule has 7 nitrogen and oxygen atoms in total. The monoisotopic (exact) mass is 440 g/mol. The topological polar surface area (TPSA) is 86.8 Å². The molecule has 1 aromatic heterocycles. The molecule has 0 aliphatic carbocycles. The van der Waals surface area contributed by atoms with Crippen LogP contribution in [0.15, 0.2) is 47.8 Å². The van der Waals surface area contributed by atoms with Crippen LogP contribution in [-0.2, 0) is 11.3 Å². The number of nitrogens with one attached hydrogen (secondary N) is 1. The quantitative estimate of drug-likeness (QED) is 0.504. The van der Waals surface area contributed by atoms with Gasteiger partial charge in [-0.2, -0.15) is 0 Å². The summed E-state index contributed by atoms with van der Waals surface area (Å²) >= 11 is 1.56. The van der Waals surface area contributed by atoms with E-state index in [0.717, 1.165) is 10.7 Å². The minimum Gasteiger partial charge on any atom is -0.493 e. The number of hydrogen-bond donors (Lipinski definition) is 1. The molecular weight excluding hydrogens is 416 g/mol. The largest absolute Gasteiger partial charge is 0.493 e. The van der Waals surface area contributed by atoms with Crippen molar-refractivity contribution in [2.75, 3.05) is 12.4 Å². The van der Waals surface area contributed by atoms with E-state index in [1.807, 2.05) is 12.3 Å². The van der Waals surface area contributed by atoms with E-state index in [4.69, 9.17) is 14.2 Å². The summed E-state index contributed by atoms with van der Waals surface area (Å²) in [5.74, 6) is 0.266. The molecule has 1 heterocycles. The van der Waals surface area contributed by atoms with Crippen LogP contribution in [0.4, 0.5) is 5.69 Å². The zero-order valence-corrected chi connectivity index (χ0v) is 18.6. The Morgan fingerprint density at radius 2 is 1.77 bits per heavy atom. The van der Waals surface area contributed by atoms with Crippen molar-refractivity contribution in [2.45, 2.75) is 33.5 Å². The van der Waals surface area contributed by atoms with E-state index in [1.54, 1.807) is 67.6 Å². The SMILES string of the molecule is COc1cc(C(=O)Nc2ccc(C(=O)OC(C)C)cc2)ccc1OCc1csc(C)n1. The van der Waals surface area contributed by atoms with Crippen LogP contribution in [0.1, 0.15) is 45.3 Å². The second-order valence-corrected chi connectivity index (χ2v) is 8.06.